The van der Waals surface area contributed by atoms with Crippen LogP contribution in [0.15, 0.2) is 54.6 Å². The summed E-state index contributed by atoms with van der Waals surface area (Å²) in [6.45, 7) is 0.406. The normalized spacial score (nSPS) is 10.6. The highest BCUT2D eigenvalue weighted by atomic mass is 35.5. The van der Waals surface area contributed by atoms with Gasteiger partial charge in [0.25, 0.3) is 5.91 Å². The molecule has 3 aromatic carbocycles. The van der Waals surface area contributed by atoms with Crippen LogP contribution in [0.25, 0.3) is 10.8 Å². The van der Waals surface area contributed by atoms with E-state index in [0.717, 1.165) is 21.9 Å². The Labute approximate surface area is 167 Å². The van der Waals surface area contributed by atoms with Crippen LogP contribution in [-0.4, -0.2) is 25.3 Å². The number of hydrogen-bond donors (Lipinski definition) is 2. The Hall–Kier alpha value is -2.56. The molecule has 4 nitrogen and oxygen atoms in total. The van der Waals surface area contributed by atoms with Crippen LogP contribution in [-0.2, 0) is 11.2 Å². The molecule has 1 amide bonds. The van der Waals surface area contributed by atoms with Gasteiger partial charge >= 0.3 is 0 Å². The number of nitrogens with one attached hydrogen (secondary N) is 2. The summed E-state index contributed by atoms with van der Waals surface area (Å²) in [4.78, 5) is 12.1. The molecule has 0 aliphatic rings. The lowest BCUT2D eigenvalue weighted by Gasteiger charge is -2.11. The number of carbonyl (C=O) groups excluding carboxylic acids is 1. The number of carbonyl (C=O) groups is 1. The third-order valence-corrected chi connectivity index (χ3v) is 4.89. The van der Waals surface area contributed by atoms with Crippen LogP contribution in [0, 0.1) is 5.41 Å². The van der Waals surface area contributed by atoms with Crippen molar-refractivity contribution in [1.82, 2.24) is 5.32 Å². The number of hydrogen-bond acceptors (Lipinski definition) is 3. The quantitative estimate of drug-likeness (QED) is 0.555. The first-order valence-corrected chi connectivity index (χ1v) is 9.19. The zero-order valence-corrected chi connectivity index (χ0v) is 16.0. The second-order valence-corrected chi connectivity index (χ2v) is 6.79. The average Bonchev–Trinajstić information content (AvgIpc) is 2.68. The summed E-state index contributed by atoms with van der Waals surface area (Å²) < 4.78 is 5.69. The third-order valence-electron chi connectivity index (χ3n) is 4.15. The molecule has 0 aliphatic carbocycles. The van der Waals surface area contributed by atoms with Gasteiger partial charge < -0.3 is 15.5 Å². The van der Waals surface area contributed by atoms with Crippen molar-refractivity contribution in [3.8, 4) is 5.75 Å². The van der Waals surface area contributed by atoms with Crippen LogP contribution in [0.4, 0.5) is 0 Å². The van der Waals surface area contributed by atoms with Crippen LogP contribution in [0.2, 0.25) is 10.0 Å². The molecule has 0 unspecified atom stereocenters. The van der Waals surface area contributed by atoms with Gasteiger partial charge in [-0.25, -0.2) is 0 Å². The molecule has 0 saturated heterocycles. The number of halogens is 2. The molecule has 0 radical (unpaired) electrons. The van der Waals surface area contributed by atoms with Gasteiger partial charge in [-0.3, -0.25) is 4.79 Å². The molecular weight excluding hydrogens is 383 g/mol. The van der Waals surface area contributed by atoms with Crippen molar-refractivity contribution in [2.45, 2.75) is 6.42 Å². The molecule has 6 heteroatoms. The SMILES string of the molecule is N=Cc1ccc(OCC(=O)NCCc2ccc(Cl)c(Cl)c2)c2ccccc12. The van der Waals surface area contributed by atoms with Crippen LogP contribution in [0.3, 0.4) is 0 Å². The van der Waals surface area contributed by atoms with E-state index in [4.69, 9.17) is 33.3 Å². The maximum Gasteiger partial charge on any atom is 0.257 e. The zero-order valence-electron chi connectivity index (χ0n) is 14.5. The van der Waals surface area contributed by atoms with Gasteiger partial charge in [0.2, 0.25) is 0 Å². The average molecular weight is 401 g/mol. The van der Waals surface area contributed by atoms with Gasteiger partial charge in [0.1, 0.15) is 5.75 Å². The maximum absolute atomic E-state index is 12.1. The largest absolute Gasteiger partial charge is 0.483 e. The minimum atomic E-state index is -0.199. The Bertz CT molecular complexity index is 989. The van der Waals surface area contributed by atoms with Crippen molar-refractivity contribution in [3.05, 3.63) is 75.8 Å². The van der Waals surface area contributed by atoms with Crippen molar-refractivity contribution in [3.63, 3.8) is 0 Å². The lowest BCUT2D eigenvalue weighted by molar-refractivity contribution is -0.123. The maximum atomic E-state index is 12.1. The molecule has 3 aromatic rings. The van der Waals surface area contributed by atoms with Crippen molar-refractivity contribution in [2.75, 3.05) is 13.2 Å². The minimum absolute atomic E-state index is 0.0741. The first-order valence-electron chi connectivity index (χ1n) is 8.44. The molecule has 0 spiro atoms. The third kappa shape index (κ3) is 4.79. The monoisotopic (exact) mass is 400 g/mol. The van der Waals surface area contributed by atoms with E-state index in [1.165, 1.54) is 6.21 Å². The van der Waals surface area contributed by atoms with E-state index in [9.17, 15) is 4.79 Å². The number of amides is 1. The minimum Gasteiger partial charge on any atom is -0.483 e. The summed E-state index contributed by atoms with van der Waals surface area (Å²) in [6.07, 6.45) is 1.96. The fraction of sp³-hybridized carbons (Fsp3) is 0.143. The van der Waals surface area contributed by atoms with Crippen molar-refractivity contribution in [2.24, 2.45) is 0 Å². The van der Waals surface area contributed by atoms with Crippen molar-refractivity contribution < 1.29 is 9.53 Å². The molecule has 0 saturated carbocycles. The van der Waals surface area contributed by atoms with Crippen LogP contribution in [0.5, 0.6) is 5.75 Å². The van der Waals surface area contributed by atoms with E-state index < -0.39 is 0 Å². The molecule has 0 fully saturated rings. The fourth-order valence-electron chi connectivity index (χ4n) is 2.78. The molecule has 0 aromatic heterocycles. The van der Waals surface area contributed by atoms with E-state index in [1.54, 1.807) is 18.2 Å². The summed E-state index contributed by atoms with van der Waals surface area (Å²) in [6, 6.07) is 16.7. The molecule has 0 aliphatic heterocycles. The number of fused-ring (bicyclic) bond motifs is 1. The first-order chi connectivity index (χ1) is 13.1. The Kier molecular flexibility index (Phi) is 6.32. The lowest BCUT2D eigenvalue weighted by Crippen LogP contribution is -2.30. The van der Waals surface area contributed by atoms with E-state index >= 15 is 0 Å². The smallest absolute Gasteiger partial charge is 0.257 e. The van der Waals surface area contributed by atoms with E-state index in [1.807, 2.05) is 36.4 Å². The molecule has 0 bridgehead atoms. The van der Waals surface area contributed by atoms with Crippen molar-refractivity contribution in [1.29, 1.82) is 5.41 Å². The fourth-order valence-corrected chi connectivity index (χ4v) is 3.10. The molecule has 0 atom stereocenters. The van der Waals surface area contributed by atoms with Crippen LogP contribution in [0.1, 0.15) is 11.1 Å². The second-order valence-electron chi connectivity index (χ2n) is 5.98. The summed E-state index contributed by atoms with van der Waals surface area (Å²) in [7, 11) is 0. The topological polar surface area (TPSA) is 62.2 Å². The first kappa shape index (κ1) is 19.2. The summed E-state index contributed by atoms with van der Waals surface area (Å²) in [5.74, 6) is 0.422. The van der Waals surface area contributed by atoms with Gasteiger partial charge in [-0.2, -0.15) is 0 Å². The van der Waals surface area contributed by atoms with Gasteiger partial charge in [-0.05, 0) is 41.6 Å². The number of benzene rings is 3. The number of rotatable bonds is 7. The highest BCUT2D eigenvalue weighted by molar-refractivity contribution is 6.42. The summed E-state index contributed by atoms with van der Waals surface area (Å²) in [5.41, 5.74) is 1.81. The van der Waals surface area contributed by atoms with E-state index in [0.29, 0.717) is 28.8 Å². The Morgan fingerprint density at radius 3 is 2.56 bits per heavy atom. The van der Waals surface area contributed by atoms with Gasteiger partial charge in [-0.15, -0.1) is 0 Å². The Morgan fingerprint density at radius 1 is 1.04 bits per heavy atom. The summed E-state index contributed by atoms with van der Waals surface area (Å²) in [5, 5.41) is 13.1. The summed E-state index contributed by atoms with van der Waals surface area (Å²) >= 11 is 11.9. The second kappa shape index (κ2) is 8.89. The highest BCUT2D eigenvalue weighted by Gasteiger charge is 2.08. The van der Waals surface area contributed by atoms with Gasteiger partial charge in [0.15, 0.2) is 6.61 Å². The Morgan fingerprint density at radius 2 is 1.81 bits per heavy atom. The highest BCUT2D eigenvalue weighted by Crippen LogP contribution is 2.27. The molecule has 2 N–H and O–H groups in total. The standard InChI is InChI=1S/C21H18Cl2N2O2/c22-18-7-5-14(11-19(18)23)9-10-25-21(26)13-27-20-8-6-15(12-24)16-3-1-2-4-17(16)20/h1-8,11-12,24H,9-10,13H2,(H,25,26). The van der Waals surface area contributed by atoms with E-state index in [-0.39, 0.29) is 12.5 Å². The lowest BCUT2D eigenvalue weighted by atomic mass is 10.0. The van der Waals surface area contributed by atoms with Gasteiger partial charge in [-0.1, -0.05) is 53.5 Å². The molecule has 138 valence electrons. The van der Waals surface area contributed by atoms with Crippen LogP contribution >= 0.6 is 23.2 Å². The van der Waals surface area contributed by atoms with Crippen LogP contribution < -0.4 is 10.1 Å². The molecular formula is C21H18Cl2N2O2. The van der Waals surface area contributed by atoms with Crippen molar-refractivity contribution >= 4 is 46.1 Å². The van der Waals surface area contributed by atoms with Gasteiger partial charge in [0, 0.05) is 23.7 Å². The predicted octanol–water partition coefficient (Wildman–Crippen LogP) is 4.88. The number of ether oxygens (including phenoxy) is 1. The predicted molar refractivity (Wildman–Crippen MR) is 111 cm³/mol. The molecule has 27 heavy (non-hydrogen) atoms. The Balaban J connectivity index is 1.56. The molecule has 0 heterocycles. The van der Waals surface area contributed by atoms with Gasteiger partial charge in [0.05, 0.1) is 10.0 Å². The van der Waals surface area contributed by atoms with E-state index in [2.05, 4.69) is 5.32 Å². The molecule has 3 rings (SSSR count). The zero-order chi connectivity index (χ0) is 19.2.